The van der Waals surface area contributed by atoms with E-state index in [9.17, 15) is 16.8 Å². The third-order valence-corrected chi connectivity index (χ3v) is 6.51. The minimum absolute atomic E-state index is 0.0418. The summed E-state index contributed by atoms with van der Waals surface area (Å²) in [5.74, 6) is 0.143. The molecule has 0 bridgehead atoms. The fraction of sp³-hybridized carbons (Fsp3) is 0.538. The van der Waals surface area contributed by atoms with E-state index < -0.39 is 19.9 Å². The van der Waals surface area contributed by atoms with Crippen molar-refractivity contribution in [3.05, 3.63) is 18.2 Å². The second-order valence-corrected chi connectivity index (χ2v) is 9.01. The van der Waals surface area contributed by atoms with Crippen molar-refractivity contribution < 1.29 is 21.6 Å². The average Bonchev–Trinajstić information content (AvgIpc) is 2.75. The summed E-state index contributed by atoms with van der Waals surface area (Å²) in [6.07, 6.45) is 1.74. The molecule has 1 aliphatic rings. The Morgan fingerprint density at radius 2 is 1.86 bits per heavy atom. The maximum atomic E-state index is 12.8. The molecule has 1 fully saturated rings. The Bertz CT molecular complexity index is 736. The maximum Gasteiger partial charge on any atom is 0.246 e. The summed E-state index contributed by atoms with van der Waals surface area (Å²) in [7, 11) is -5.95. The molecule has 0 unspecified atom stereocenters. The molecule has 0 aromatic heterocycles. The topological polar surface area (TPSA) is 92.8 Å². The molecule has 0 spiro atoms. The van der Waals surface area contributed by atoms with Crippen molar-refractivity contribution in [1.29, 1.82) is 0 Å². The Balaban J connectivity index is 2.52. The highest BCUT2D eigenvalue weighted by Gasteiger charge is 2.29. The highest BCUT2D eigenvalue weighted by atomic mass is 32.2. The van der Waals surface area contributed by atoms with Gasteiger partial charge in [-0.05, 0) is 31.2 Å². The molecular formula is C13H20N2O5S2. The zero-order valence-electron chi connectivity index (χ0n) is 12.6. The minimum atomic E-state index is -3.81. The first-order chi connectivity index (χ1) is 10.3. The molecule has 1 saturated heterocycles. The number of hydrogen-bond acceptors (Lipinski definition) is 6. The van der Waals surface area contributed by atoms with Crippen LogP contribution in [0.25, 0.3) is 0 Å². The second kappa shape index (κ2) is 6.53. The fourth-order valence-electron chi connectivity index (χ4n) is 2.29. The van der Waals surface area contributed by atoms with Gasteiger partial charge in [0.25, 0.3) is 0 Å². The average molecular weight is 348 g/mol. The van der Waals surface area contributed by atoms with Gasteiger partial charge in [0.1, 0.15) is 10.6 Å². The molecular weight excluding hydrogens is 328 g/mol. The summed E-state index contributed by atoms with van der Waals surface area (Å²) in [6, 6.07) is 3.89. The number of hydrogen-bond donors (Lipinski definition) is 1. The fourth-order valence-corrected chi connectivity index (χ4v) is 4.67. The van der Waals surface area contributed by atoms with Crippen LogP contribution >= 0.6 is 0 Å². The first-order valence-electron chi connectivity index (χ1n) is 6.86. The van der Waals surface area contributed by atoms with E-state index in [4.69, 9.17) is 4.74 Å². The van der Waals surface area contributed by atoms with Gasteiger partial charge in [0.05, 0.1) is 12.0 Å². The molecule has 22 heavy (non-hydrogen) atoms. The summed E-state index contributed by atoms with van der Waals surface area (Å²) in [5.41, 5.74) is 0. The number of rotatable bonds is 4. The predicted octanol–water partition coefficient (Wildman–Crippen LogP) is 0.0827. The lowest BCUT2D eigenvalue weighted by Gasteiger charge is -2.21. The first kappa shape index (κ1) is 17.2. The summed E-state index contributed by atoms with van der Waals surface area (Å²) >= 11 is 0. The van der Waals surface area contributed by atoms with Crippen molar-refractivity contribution in [3.63, 3.8) is 0 Å². The highest BCUT2D eigenvalue weighted by molar-refractivity contribution is 7.91. The summed E-state index contributed by atoms with van der Waals surface area (Å²) in [4.78, 5) is -0.153. The van der Waals surface area contributed by atoms with E-state index in [-0.39, 0.29) is 15.5 Å². The van der Waals surface area contributed by atoms with Crippen LogP contribution in [-0.4, -0.2) is 60.7 Å². The van der Waals surface area contributed by atoms with E-state index in [1.165, 1.54) is 29.6 Å². The number of ether oxygens (including phenoxy) is 1. The molecule has 0 radical (unpaired) electrons. The van der Waals surface area contributed by atoms with E-state index in [1.54, 1.807) is 0 Å². The number of sulfonamides is 1. The minimum Gasteiger partial charge on any atom is -0.495 e. The van der Waals surface area contributed by atoms with Gasteiger partial charge in [-0.3, -0.25) is 0 Å². The molecule has 0 atom stereocenters. The molecule has 7 nitrogen and oxygen atoms in total. The lowest BCUT2D eigenvalue weighted by atomic mass is 10.3. The van der Waals surface area contributed by atoms with Crippen LogP contribution < -0.4 is 10.1 Å². The predicted molar refractivity (Wildman–Crippen MR) is 82.3 cm³/mol. The first-order valence-corrected chi connectivity index (χ1v) is 10.2. The summed E-state index contributed by atoms with van der Waals surface area (Å²) in [5, 5.41) is 3.13. The summed E-state index contributed by atoms with van der Waals surface area (Å²) < 4.78 is 55.5. The van der Waals surface area contributed by atoms with E-state index in [0.717, 1.165) is 12.8 Å². The Hall–Kier alpha value is -1.16. The number of benzene rings is 1. The van der Waals surface area contributed by atoms with Crippen LogP contribution in [0.5, 0.6) is 5.75 Å². The van der Waals surface area contributed by atoms with Gasteiger partial charge in [0, 0.05) is 25.9 Å². The van der Waals surface area contributed by atoms with Crippen molar-refractivity contribution in [2.45, 2.75) is 16.2 Å². The number of sulfone groups is 1. The van der Waals surface area contributed by atoms with Crippen LogP contribution in [-0.2, 0) is 19.9 Å². The molecule has 1 heterocycles. The van der Waals surface area contributed by atoms with Crippen LogP contribution in [0.4, 0.5) is 0 Å². The number of nitrogens with one attached hydrogen (secondary N) is 1. The molecule has 0 aliphatic carbocycles. The number of methoxy groups -OCH3 is 1. The molecule has 1 N–H and O–H groups in total. The number of nitrogens with zero attached hydrogens (tertiary/aromatic N) is 1. The third-order valence-electron chi connectivity index (χ3n) is 3.48. The van der Waals surface area contributed by atoms with Crippen LogP contribution in [0.3, 0.4) is 0 Å². The lowest BCUT2D eigenvalue weighted by molar-refractivity contribution is 0.393. The highest BCUT2D eigenvalue weighted by Crippen LogP contribution is 2.29. The van der Waals surface area contributed by atoms with Crippen molar-refractivity contribution in [2.24, 2.45) is 0 Å². The zero-order valence-corrected chi connectivity index (χ0v) is 14.2. The monoisotopic (exact) mass is 348 g/mol. The van der Waals surface area contributed by atoms with Crippen LogP contribution in [0.1, 0.15) is 6.42 Å². The largest absolute Gasteiger partial charge is 0.495 e. The molecule has 9 heteroatoms. The molecule has 0 saturated carbocycles. The quantitative estimate of drug-likeness (QED) is 0.828. The van der Waals surface area contributed by atoms with Gasteiger partial charge in [0.2, 0.25) is 10.0 Å². The Morgan fingerprint density at radius 3 is 2.50 bits per heavy atom. The van der Waals surface area contributed by atoms with Gasteiger partial charge in [-0.15, -0.1) is 0 Å². The summed E-state index contributed by atoms with van der Waals surface area (Å²) in [6.45, 7) is 2.05. The van der Waals surface area contributed by atoms with Crippen molar-refractivity contribution in [3.8, 4) is 5.75 Å². The maximum absolute atomic E-state index is 12.8. The molecule has 124 valence electrons. The molecule has 1 aliphatic heterocycles. The van der Waals surface area contributed by atoms with Crippen LogP contribution in [0.2, 0.25) is 0 Å². The van der Waals surface area contributed by atoms with Crippen LogP contribution in [0.15, 0.2) is 28.0 Å². The standard InChI is InChI=1S/C13H20N2O5S2/c1-20-12-5-4-11(21(2,16)17)10-13(12)22(18,19)15-8-3-6-14-7-9-15/h4-5,10,14H,3,6-9H2,1-2H3. The van der Waals surface area contributed by atoms with Gasteiger partial charge in [-0.2, -0.15) is 4.31 Å². The molecule has 0 amide bonds. The Labute approximate surface area is 131 Å². The van der Waals surface area contributed by atoms with Crippen molar-refractivity contribution >= 4 is 19.9 Å². The van der Waals surface area contributed by atoms with Crippen molar-refractivity contribution in [2.75, 3.05) is 39.5 Å². The van der Waals surface area contributed by atoms with Crippen LogP contribution in [0, 0.1) is 0 Å². The SMILES string of the molecule is COc1ccc(S(C)(=O)=O)cc1S(=O)(=O)N1CCCNCC1. The molecule has 1 aromatic rings. The second-order valence-electron chi connectivity index (χ2n) is 5.09. The van der Waals surface area contributed by atoms with Gasteiger partial charge in [-0.25, -0.2) is 16.8 Å². The lowest BCUT2D eigenvalue weighted by Crippen LogP contribution is -2.34. The Morgan fingerprint density at radius 1 is 1.14 bits per heavy atom. The van der Waals surface area contributed by atoms with Crippen molar-refractivity contribution in [1.82, 2.24) is 9.62 Å². The third kappa shape index (κ3) is 3.60. The van der Waals surface area contributed by atoms with Gasteiger partial charge in [0.15, 0.2) is 9.84 Å². The van der Waals surface area contributed by atoms with Gasteiger partial charge >= 0.3 is 0 Å². The van der Waals surface area contributed by atoms with E-state index in [1.807, 2.05) is 0 Å². The normalized spacial score (nSPS) is 17.9. The van der Waals surface area contributed by atoms with E-state index in [2.05, 4.69) is 5.32 Å². The Kier molecular flexibility index (Phi) is 5.10. The molecule has 1 aromatic carbocycles. The van der Waals surface area contributed by atoms with Gasteiger partial charge in [-0.1, -0.05) is 0 Å². The molecule has 2 rings (SSSR count). The smallest absolute Gasteiger partial charge is 0.246 e. The van der Waals surface area contributed by atoms with E-state index >= 15 is 0 Å². The zero-order chi connectivity index (χ0) is 16.4. The van der Waals surface area contributed by atoms with Gasteiger partial charge < -0.3 is 10.1 Å². The van der Waals surface area contributed by atoms with E-state index in [0.29, 0.717) is 26.1 Å².